The van der Waals surface area contributed by atoms with Crippen molar-refractivity contribution in [2.45, 2.75) is 16.6 Å². The summed E-state index contributed by atoms with van der Waals surface area (Å²) in [6, 6.07) is 15.2. The highest BCUT2D eigenvalue weighted by Gasteiger charge is 2.21. The van der Waals surface area contributed by atoms with E-state index in [0.29, 0.717) is 45.2 Å². The van der Waals surface area contributed by atoms with Crippen LogP contribution in [0.2, 0.25) is 10.0 Å². The van der Waals surface area contributed by atoms with Gasteiger partial charge in [-0.15, -0.1) is 0 Å². The van der Waals surface area contributed by atoms with Gasteiger partial charge in [0.1, 0.15) is 22.6 Å². The highest BCUT2D eigenvalue weighted by molar-refractivity contribution is 7.99. The van der Waals surface area contributed by atoms with E-state index in [9.17, 15) is 4.79 Å². The largest absolute Gasteiger partial charge is 0.369 e. The van der Waals surface area contributed by atoms with E-state index < -0.39 is 5.56 Å². The number of piperazine rings is 1. The van der Waals surface area contributed by atoms with Crippen LogP contribution in [-0.4, -0.2) is 62.3 Å². The van der Waals surface area contributed by atoms with Gasteiger partial charge in [0.2, 0.25) is 0 Å². The fraction of sp³-hybridized carbons (Fsp3) is 0.222. The number of hydrogen-bond acceptors (Lipinski definition) is 9. The molecule has 0 bridgehead atoms. The van der Waals surface area contributed by atoms with Crippen LogP contribution in [0.3, 0.4) is 0 Å². The minimum Gasteiger partial charge on any atom is -0.369 e. The molecule has 3 N–H and O–H groups in total. The molecule has 0 amide bonds. The van der Waals surface area contributed by atoms with Crippen LogP contribution in [0.1, 0.15) is 0 Å². The summed E-state index contributed by atoms with van der Waals surface area (Å²) >= 11 is 14.3. The van der Waals surface area contributed by atoms with Crippen molar-refractivity contribution in [1.82, 2.24) is 34.8 Å². The maximum atomic E-state index is 13.6. The van der Waals surface area contributed by atoms with Gasteiger partial charge in [-0.3, -0.25) is 9.48 Å². The molecule has 0 aliphatic carbocycles. The molecule has 4 heterocycles. The predicted octanol–water partition coefficient (Wildman–Crippen LogP) is 3.87. The highest BCUT2D eigenvalue weighted by atomic mass is 35.5. The topological polar surface area (TPSA) is 120 Å². The van der Waals surface area contributed by atoms with Gasteiger partial charge in [0.05, 0.1) is 22.0 Å². The second-order valence-corrected chi connectivity index (χ2v) is 11.0. The van der Waals surface area contributed by atoms with E-state index >= 15 is 0 Å². The van der Waals surface area contributed by atoms with Crippen molar-refractivity contribution < 1.29 is 0 Å². The maximum absolute atomic E-state index is 13.6. The lowest BCUT2D eigenvalue weighted by molar-refractivity contribution is 0.589. The first-order chi connectivity index (χ1) is 19.5. The Balaban J connectivity index is 1.43. The molecule has 0 saturated carbocycles. The Hall–Kier alpha value is -3.48. The SMILES string of the molecule is NCCn1ccc(-c2nn(-c3c(Cl)cccc3Cl)c(=O)c3cnc(Sc4ccc(N5CCNCC5)cc4)nc23)n1. The zero-order valence-electron chi connectivity index (χ0n) is 21.3. The minimum absolute atomic E-state index is 0.271. The number of fused-ring (bicyclic) bond motifs is 1. The van der Waals surface area contributed by atoms with Crippen LogP contribution in [-0.2, 0) is 6.54 Å². The number of nitrogens with two attached hydrogens (primary N) is 1. The Labute approximate surface area is 244 Å². The van der Waals surface area contributed by atoms with Crippen molar-refractivity contribution in [2.75, 3.05) is 37.6 Å². The van der Waals surface area contributed by atoms with Crippen LogP contribution in [0.25, 0.3) is 28.0 Å². The van der Waals surface area contributed by atoms with Gasteiger partial charge in [0.15, 0.2) is 5.16 Å². The van der Waals surface area contributed by atoms with E-state index in [1.807, 2.05) is 12.3 Å². The zero-order chi connectivity index (χ0) is 27.6. The van der Waals surface area contributed by atoms with Gasteiger partial charge in [-0.05, 0) is 54.2 Å². The Bertz CT molecular complexity index is 1710. The molecule has 3 aromatic heterocycles. The van der Waals surface area contributed by atoms with E-state index in [4.69, 9.17) is 33.9 Å². The van der Waals surface area contributed by atoms with E-state index in [1.165, 1.54) is 28.3 Å². The summed E-state index contributed by atoms with van der Waals surface area (Å²) in [5.74, 6) is 0. The molecule has 0 spiro atoms. The molecule has 6 rings (SSSR count). The predicted molar refractivity (Wildman–Crippen MR) is 159 cm³/mol. The number of benzene rings is 2. The third-order valence-corrected chi connectivity index (χ3v) is 8.03. The van der Waals surface area contributed by atoms with Gasteiger partial charge in [-0.25, -0.2) is 9.97 Å². The van der Waals surface area contributed by atoms with Gasteiger partial charge in [0.25, 0.3) is 5.56 Å². The number of nitrogens with one attached hydrogen (secondary N) is 1. The summed E-state index contributed by atoms with van der Waals surface area (Å²) in [4.78, 5) is 26.2. The van der Waals surface area contributed by atoms with Crippen LogP contribution in [0.15, 0.2) is 75.8 Å². The van der Waals surface area contributed by atoms with Crippen molar-refractivity contribution in [3.63, 3.8) is 0 Å². The van der Waals surface area contributed by atoms with E-state index in [-0.39, 0.29) is 11.1 Å². The van der Waals surface area contributed by atoms with Gasteiger partial charge in [0, 0.05) is 55.7 Å². The van der Waals surface area contributed by atoms with Crippen molar-refractivity contribution >= 4 is 51.6 Å². The van der Waals surface area contributed by atoms with Crippen LogP contribution < -0.4 is 21.5 Å². The Morgan fingerprint density at radius 3 is 2.48 bits per heavy atom. The molecular formula is C27H25Cl2N9OS. The van der Waals surface area contributed by atoms with Crippen LogP contribution in [0, 0.1) is 0 Å². The molecule has 1 saturated heterocycles. The van der Waals surface area contributed by atoms with Crippen molar-refractivity contribution in [1.29, 1.82) is 0 Å². The molecule has 5 aromatic rings. The number of rotatable bonds is 7. The number of anilines is 1. The first-order valence-electron chi connectivity index (χ1n) is 12.7. The number of nitrogens with zero attached hydrogens (tertiary/aromatic N) is 7. The summed E-state index contributed by atoms with van der Waals surface area (Å²) in [6.45, 7) is 4.88. The molecule has 40 heavy (non-hydrogen) atoms. The van der Waals surface area contributed by atoms with Crippen LogP contribution in [0.5, 0.6) is 0 Å². The molecule has 0 unspecified atom stereocenters. The number of halogens is 2. The average Bonchev–Trinajstić information content (AvgIpc) is 3.43. The molecule has 0 atom stereocenters. The average molecular weight is 595 g/mol. The molecule has 1 aliphatic rings. The van der Waals surface area contributed by atoms with Gasteiger partial charge in [-0.2, -0.15) is 14.9 Å². The Kier molecular flexibility index (Phi) is 7.72. The lowest BCUT2D eigenvalue weighted by Gasteiger charge is -2.29. The van der Waals surface area contributed by atoms with Crippen LogP contribution >= 0.6 is 35.0 Å². The molecule has 1 aliphatic heterocycles. The summed E-state index contributed by atoms with van der Waals surface area (Å²) in [6.07, 6.45) is 3.33. The summed E-state index contributed by atoms with van der Waals surface area (Å²) in [5, 5.41) is 14.0. The standard InChI is InChI=1S/C27H25Cl2N9OS/c28-20-2-1-3-21(29)25(20)38-26(39)19-16-32-27(33-23(19)24(35-38)22-8-12-37(34-22)13-9-30)40-18-6-4-17(5-7-18)36-14-10-31-11-15-36/h1-8,12,16,31H,9-11,13-15,30H2. The lowest BCUT2D eigenvalue weighted by atomic mass is 10.2. The number of hydrogen-bond donors (Lipinski definition) is 2. The second kappa shape index (κ2) is 11.6. The van der Waals surface area contributed by atoms with E-state index in [1.54, 1.807) is 22.9 Å². The first-order valence-corrected chi connectivity index (χ1v) is 14.3. The summed E-state index contributed by atoms with van der Waals surface area (Å²) in [5.41, 5.74) is 8.07. The zero-order valence-corrected chi connectivity index (χ0v) is 23.6. The molecule has 10 nitrogen and oxygen atoms in total. The maximum Gasteiger partial charge on any atom is 0.282 e. The minimum atomic E-state index is -0.438. The smallest absolute Gasteiger partial charge is 0.282 e. The Morgan fingerprint density at radius 1 is 1.00 bits per heavy atom. The lowest BCUT2D eigenvalue weighted by Crippen LogP contribution is -2.43. The molecular weight excluding hydrogens is 569 g/mol. The van der Waals surface area contributed by atoms with Crippen molar-refractivity contribution in [3.8, 4) is 17.1 Å². The third-order valence-electron chi connectivity index (χ3n) is 6.53. The Morgan fingerprint density at radius 2 is 1.75 bits per heavy atom. The molecule has 204 valence electrons. The summed E-state index contributed by atoms with van der Waals surface area (Å²) < 4.78 is 2.91. The van der Waals surface area contributed by atoms with Crippen molar-refractivity contribution in [3.05, 3.63) is 81.3 Å². The van der Waals surface area contributed by atoms with Gasteiger partial charge in [-0.1, -0.05) is 29.3 Å². The molecule has 13 heteroatoms. The number of para-hydroxylation sites is 1. The molecule has 0 radical (unpaired) electrons. The fourth-order valence-electron chi connectivity index (χ4n) is 4.57. The normalized spacial score (nSPS) is 13.7. The highest BCUT2D eigenvalue weighted by Crippen LogP contribution is 2.32. The fourth-order valence-corrected chi connectivity index (χ4v) is 5.86. The number of aromatic nitrogens is 6. The second-order valence-electron chi connectivity index (χ2n) is 9.14. The molecule has 1 fully saturated rings. The quantitative estimate of drug-likeness (QED) is 0.271. The van der Waals surface area contributed by atoms with E-state index in [2.05, 4.69) is 49.7 Å². The van der Waals surface area contributed by atoms with Crippen molar-refractivity contribution in [2.24, 2.45) is 5.73 Å². The van der Waals surface area contributed by atoms with E-state index in [0.717, 1.165) is 31.1 Å². The monoisotopic (exact) mass is 593 g/mol. The van der Waals surface area contributed by atoms with Gasteiger partial charge < -0.3 is 16.0 Å². The van der Waals surface area contributed by atoms with Crippen LogP contribution in [0.4, 0.5) is 5.69 Å². The first kappa shape index (κ1) is 26.7. The summed E-state index contributed by atoms with van der Waals surface area (Å²) in [7, 11) is 0. The third kappa shape index (κ3) is 5.30. The van der Waals surface area contributed by atoms with Gasteiger partial charge >= 0.3 is 0 Å². The molecule has 2 aromatic carbocycles.